The van der Waals surface area contributed by atoms with Gasteiger partial charge in [-0.3, -0.25) is 14.5 Å². The Morgan fingerprint density at radius 1 is 1.15 bits per heavy atom. The summed E-state index contributed by atoms with van der Waals surface area (Å²) in [6.07, 6.45) is 0.625. The lowest BCUT2D eigenvalue weighted by Gasteiger charge is -2.15. The molecule has 2 heterocycles. The van der Waals surface area contributed by atoms with E-state index in [1.165, 1.54) is 16.2 Å². The Hall–Kier alpha value is -2.44. The standard InChI is InChI=1S/C21H24N2O3S/c1-4-26-11-6-10-23-20(24)18(17-7-5-12-27-17)19(21(23)25)22-16-13-14(2)8-9-15(16)3/h5,7-9,12-13,22H,4,6,10-11H2,1-3H3. The summed E-state index contributed by atoms with van der Waals surface area (Å²) in [6, 6.07) is 9.78. The van der Waals surface area contributed by atoms with Crippen molar-refractivity contribution in [2.75, 3.05) is 25.1 Å². The van der Waals surface area contributed by atoms with Gasteiger partial charge < -0.3 is 10.1 Å². The van der Waals surface area contributed by atoms with E-state index in [4.69, 9.17) is 4.74 Å². The first-order chi connectivity index (χ1) is 13.0. The van der Waals surface area contributed by atoms with Crippen molar-refractivity contribution in [3.63, 3.8) is 0 Å². The maximum absolute atomic E-state index is 13.0. The molecule has 6 heteroatoms. The van der Waals surface area contributed by atoms with Crippen molar-refractivity contribution in [2.45, 2.75) is 27.2 Å². The predicted octanol–water partition coefficient (Wildman–Crippen LogP) is 3.98. The second-order valence-corrected chi connectivity index (χ2v) is 7.43. The molecule has 0 saturated carbocycles. The minimum absolute atomic E-state index is 0.244. The molecule has 2 aromatic rings. The monoisotopic (exact) mass is 384 g/mol. The van der Waals surface area contributed by atoms with E-state index in [1.54, 1.807) is 0 Å². The van der Waals surface area contributed by atoms with Crippen LogP contribution in [0.4, 0.5) is 5.69 Å². The second kappa shape index (κ2) is 8.50. The summed E-state index contributed by atoms with van der Waals surface area (Å²) < 4.78 is 5.34. The first-order valence-electron chi connectivity index (χ1n) is 9.09. The summed E-state index contributed by atoms with van der Waals surface area (Å²) in [6.45, 7) is 7.41. The molecule has 27 heavy (non-hydrogen) atoms. The van der Waals surface area contributed by atoms with Crippen molar-refractivity contribution in [1.82, 2.24) is 4.90 Å². The highest BCUT2D eigenvalue weighted by atomic mass is 32.1. The third-order valence-electron chi connectivity index (χ3n) is 4.46. The Labute approximate surface area is 163 Å². The Balaban J connectivity index is 1.92. The number of hydrogen-bond acceptors (Lipinski definition) is 5. The third-order valence-corrected chi connectivity index (χ3v) is 5.35. The molecule has 0 radical (unpaired) electrons. The Bertz CT molecular complexity index is 872. The number of benzene rings is 1. The Kier molecular flexibility index (Phi) is 6.08. The summed E-state index contributed by atoms with van der Waals surface area (Å²) in [5, 5.41) is 5.15. The molecule has 0 atom stereocenters. The lowest BCUT2D eigenvalue weighted by molar-refractivity contribution is -0.137. The minimum atomic E-state index is -0.277. The van der Waals surface area contributed by atoms with Crippen molar-refractivity contribution in [3.8, 4) is 0 Å². The molecule has 0 aliphatic carbocycles. The van der Waals surface area contributed by atoms with Crippen molar-refractivity contribution in [1.29, 1.82) is 0 Å². The molecule has 1 aromatic carbocycles. The van der Waals surface area contributed by atoms with Gasteiger partial charge in [-0.1, -0.05) is 18.2 Å². The highest BCUT2D eigenvalue weighted by Crippen LogP contribution is 2.33. The van der Waals surface area contributed by atoms with Gasteiger partial charge >= 0.3 is 0 Å². The van der Waals surface area contributed by atoms with Gasteiger partial charge in [0.1, 0.15) is 5.70 Å². The molecule has 2 amide bonds. The number of nitrogens with one attached hydrogen (secondary N) is 1. The number of aryl methyl sites for hydroxylation is 2. The van der Waals surface area contributed by atoms with Crippen LogP contribution in [-0.4, -0.2) is 36.5 Å². The normalized spacial score (nSPS) is 14.4. The maximum Gasteiger partial charge on any atom is 0.278 e. The summed E-state index contributed by atoms with van der Waals surface area (Å²) in [5.74, 6) is -0.521. The van der Waals surface area contributed by atoms with E-state index in [0.29, 0.717) is 37.4 Å². The fourth-order valence-corrected chi connectivity index (χ4v) is 3.79. The van der Waals surface area contributed by atoms with Crippen LogP contribution in [0.1, 0.15) is 29.3 Å². The van der Waals surface area contributed by atoms with Crippen molar-refractivity contribution < 1.29 is 14.3 Å². The van der Waals surface area contributed by atoms with Crippen LogP contribution >= 0.6 is 11.3 Å². The zero-order chi connectivity index (χ0) is 19.4. The van der Waals surface area contributed by atoms with E-state index < -0.39 is 0 Å². The molecule has 0 spiro atoms. The number of amides is 2. The van der Waals surface area contributed by atoms with Gasteiger partial charge in [0.05, 0.1) is 5.57 Å². The van der Waals surface area contributed by atoms with Crippen LogP contribution < -0.4 is 5.32 Å². The summed E-state index contributed by atoms with van der Waals surface area (Å²) in [4.78, 5) is 28.2. The van der Waals surface area contributed by atoms with Gasteiger partial charge in [0.15, 0.2) is 0 Å². The number of carbonyl (C=O) groups excluding carboxylic acids is 2. The molecule has 3 rings (SSSR count). The molecular formula is C21H24N2O3S. The average Bonchev–Trinajstić information content (AvgIpc) is 3.24. The quantitative estimate of drug-likeness (QED) is 0.552. The molecule has 0 unspecified atom stereocenters. The zero-order valence-corrected chi connectivity index (χ0v) is 16.7. The Morgan fingerprint density at radius 2 is 1.96 bits per heavy atom. The zero-order valence-electron chi connectivity index (χ0n) is 15.9. The minimum Gasteiger partial charge on any atom is -0.382 e. The average molecular weight is 385 g/mol. The van der Waals surface area contributed by atoms with E-state index in [2.05, 4.69) is 5.32 Å². The Morgan fingerprint density at radius 3 is 2.67 bits per heavy atom. The van der Waals surface area contributed by atoms with Crippen LogP contribution in [0.25, 0.3) is 5.57 Å². The smallest absolute Gasteiger partial charge is 0.278 e. The first kappa shape index (κ1) is 19.3. The van der Waals surface area contributed by atoms with Crippen LogP contribution in [0.5, 0.6) is 0 Å². The van der Waals surface area contributed by atoms with Crippen molar-refractivity contribution >= 4 is 34.4 Å². The van der Waals surface area contributed by atoms with E-state index in [0.717, 1.165) is 21.7 Å². The number of thiophene rings is 1. The lowest BCUT2D eigenvalue weighted by Crippen LogP contribution is -2.34. The van der Waals surface area contributed by atoms with E-state index >= 15 is 0 Å². The number of ether oxygens (including phenoxy) is 1. The van der Waals surface area contributed by atoms with Crippen LogP contribution in [0, 0.1) is 13.8 Å². The SMILES string of the molecule is CCOCCCN1C(=O)C(Nc2cc(C)ccc2C)=C(c2cccs2)C1=O. The number of carbonyl (C=O) groups is 2. The topological polar surface area (TPSA) is 58.6 Å². The predicted molar refractivity (Wildman–Crippen MR) is 109 cm³/mol. The van der Waals surface area contributed by atoms with Crippen LogP contribution in [0.3, 0.4) is 0 Å². The number of hydrogen-bond donors (Lipinski definition) is 1. The number of nitrogens with zero attached hydrogens (tertiary/aromatic N) is 1. The summed E-state index contributed by atoms with van der Waals surface area (Å²) in [5.41, 5.74) is 3.76. The summed E-state index contributed by atoms with van der Waals surface area (Å²) in [7, 11) is 0. The molecule has 1 aromatic heterocycles. The lowest BCUT2D eigenvalue weighted by atomic mass is 10.1. The first-order valence-corrected chi connectivity index (χ1v) is 9.97. The van der Waals surface area contributed by atoms with E-state index in [9.17, 15) is 9.59 Å². The maximum atomic E-state index is 13.0. The highest BCUT2D eigenvalue weighted by molar-refractivity contribution is 7.11. The molecule has 1 N–H and O–H groups in total. The van der Waals surface area contributed by atoms with Crippen molar-refractivity contribution in [3.05, 3.63) is 57.4 Å². The van der Waals surface area contributed by atoms with Gasteiger partial charge in [-0.25, -0.2) is 0 Å². The summed E-state index contributed by atoms with van der Waals surface area (Å²) >= 11 is 1.46. The molecule has 0 fully saturated rings. The van der Waals surface area contributed by atoms with E-state index in [1.807, 2.05) is 56.5 Å². The molecule has 1 aliphatic rings. The third kappa shape index (κ3) is 4.12. The molecule has 0 saturated heterocycles. The number of imide groups is 1. The van der Waals surface area contributed by atoms with Crippen molar-refractivity contribution in [2.24, 2.45) is 0 Å². The van der Waals surface area contributed by atoms with Crippen LogP contribution in [-0.2, 0) is 14.3 Å². The molecular weight excluding hydrogens is 360 g/mol. The van der Waals surface area contributed by atoms with Gasteiger partial charge in [-0.15, -0.1) is 11.3 Å². The molecule has 5 nitrogen and oxygen atoms in total. The van der Waals surface area contributed by atoms with Gasteiger partial charge in [0.25, 0.3) is 11.8 Å². The fourth-order valence-electron chi connectivity index (χ4n) is 3.02. The van der Waals surface area contributed by atoms with Gasteiger partial charge in [-0.2, -0.15) is 0 Å². The van der Waals surface area contributed by atoms with Crippen LogP contribution in [0.2, 0.25) is 0 Å². The van der Waals surface area contributed by atoms with E-state index in [-0.39, 0.29) is 11.8 Å². The second-order valence-electron chi connectivity index (χ2n) is 6.48. The van der Waals surface area contributed by atoms with Gasteiger partial charge in [0, 0.05) is 30.3 Å². The number of anilines is 1. The van der Waals surface area contributed by atoms with Crippen LogP contribution in [0.15, 0.2) is 41.4 Å². The molecule has 0 bridgehead atoms. The fraction of sp³-hybridized carbons (Fsp3) is 0.333. The molecule has 1 aliphatic heterocycles. The number of rotatable bonds is 8. The highest BCUT2D eigenvalue weighted by Gasteiger charge is 2.39. The largest absolute Gasteiger partial charge is 0.382 e. The van der Waals surface area contributed by atoms with Gasteiger partial charge in [-0.05, 0) is 55.8 Å². The van der Waals surface area contributed by atoms with Gasteiger partial charge in [0.2, 0.25) is 0 Å². The molecule has 142 valence electrons.